The Kier molecular flexibility index (Phi) is 8.93. The van der Waals surface area contributed by atoms with Crippen LogP contribution in [0.1, 0.15) is 45.4 Å². The topological polar surface area (TPSA) is 91.4 Å². The summed E-state index contributed by atoms with van der Waals surface area (Å²) in [5, 5.41) is 3.20. The molecule has 1 N–H and O–H groups in total. The van der Waals surface area contributed by atoms with Crippen LogP contribution in [-0.4, -0.2) is 86.7 Å². The summed E-state index contributed by atoms with van der Waals surface area (Å²) < 4.78 is 10.3. The number of nitrogens with zero attached hydrogens (tertiary/aromatic N) is 3. The standard InChI is InChI=1S/C27H40N4O5/c1-3-36-27(34)31-14-12-20(13-15-31)28-25(32)23-6-4-5-7-24(23)26(33)30-18-16-29(17-19-30)21-8-10-22(35-2)11-9-21/h8-11,20,23-24H,3-7,12-19H2,1-2H3,(H,28,32). The Morgan fingerprint density at radius 1 is 0.861 bits per heavy atom. The van der Waals surface area contributed by atoms with Crippen molar-refractivity contribution in [3.63, 3.8) is 0 Å². The van der Waals surface area contributed by atoms with Crippen molar-refractivity contribution in [3.8, 4) is 5.75 Å². The zero-order valence-corrected chi connectivity index (χ0v) is 21.6. The first-order valence-electron chi connectivity index (χ1n) is 13.4. The Morgan fingerprint density at radius 2 is 1.50 bits per heavy atom. The maximum atomic E-state index is 13.5. The Labute approximate surface area is 214 Å². The predicted molar refractivity (Wildman–Crippen MR) is 137 cm³/mol. The fourth-order valence-corrected chi connectivity index (χ4v) is 5.68. The van der Waals surface area contributed by atoms with E-state index in [1.807, 2.05) is 17.0 Å². The van der Waals surface area contributed by atoms with Crippen LogP contribution in [0.25, 0.3) is 0 Å². The largest absolute Gasteiger partial charge is 0.497 e. The van der Waals surface area contributed by atoms with Gasteiger partial charge in [0.1, 0.15) is 5.75 Å². The SMILES string of the molecule is CCOC(=O)N1CCC(NC(=O)C2CCCCC2C(=O)N2CCN(c3ccc(OC)cc3)CC2)CC1. The molecule has 2 atom stereocenters. The zero-order chi connectivity index (χ0) is 25.5. The molecule has 0 aromatic heterocycles. The number of carbonyl (C=O) groups is 3. The summed E-state index contributed by atoms with van der Waals surface area (Å²) in [5.74, 6) is 0.444. The van der Waals surface area contributed by atoms with Crippen LogP contribution in [0.4, 0.5) is 10.5 Å². The number of piperazine rings is 1. The second-order valence-corrected chi connectivity index (χ2v) is 9.98. The van der Waals surface area contributed by atoms with Crippen molar-refractivity contribution in [3.05, 3.63) is 24.3 Å². The molecular weight excluding hydrogens is 460 g/mol. The molecule has 2 unspecified atom stereocenters. The van der Waals surface area contributed by atoms with Crippen LogP contribution in [0.15, 0.2) is 24.3 Å². The maximum Gasteiger partial charge on any atom is 0.409 e. The number of hydrogen-bond donors (Lipinski definition) is 1. The Hall–Kier alpha value is -2.97. The first kappa shape index (κ1) is 26.1. The lowest BCUT2D eigenvalue weighted by Gasteiger charge is -2.40. The van der Waals surface area contributed by atoms with E-state index in [2.05, 4.69) is 22.3 Å². The number of piperidine rings is 1. The van der Waals surface area contributed by atoms with Crippen molar-refractivity contribution >= 4 is 23.6 Å². The second kappa shape index (κ2) is 12.3. The normalized spacial score (nSPS) is 23.2. The van der Waals surface area contributed by atoms with E-state index in [-0.39, 0.29) is 35.8 Å². The number of carbonyl (C=O) groups excluding carboxylic acids is 3. The van der Waals surface area contributed by atoms with Gasteiger partial charge in [0, 0.05) is 62.8 Å². The van der Waals surface area contributed by atoms with Crippen LogP contribution < -0.4 is 15.0 Å². The van der Waals surface area contributed by atoms with Crippen molar-refractivity contribution in [2.75, 3.05) is 57.9 Å². The van der Waals surface area contributed by atoms with Crippen molar-refractivity contribution in [2.45, 2.75) is 51.5 Å². The summed E-state index contributed by atoms with van der Waals surface area (Å²) in [5.41, 5.74) is 1.13. The van der Waals surface area contributed by atoms with Crippen LogP contribution >= 0.6 is 0 Å². The number of methoxy groups -OCH3 is 1. The van der Waals surface area contributed by atoms with E-state index >= 15 is 0 Å². The summed E-state index contributed by atoms with van der Waals surface area (Å²) in [6.45, 7) is 6.21. The highest BCUT2D eigenvalue weighted by molar-refractivity contribution is 5.88. The van der Waals surface area contributed by atoms with Crippen molar-refractivity contribution in [2.24, 2.45) is 11.8 Å². The van der Waals surface area contributed by atoms with E-state index in [9.17, 15) is 14.4 Å². The molecule has 4 rings (SSSR count). The van der Waals surface area contributed by atoms with E-state index in [1.165, 1.54) is 0 Å². The van der Waals surface area contributed by atoms with E-state index in [0.29, 0.717) is 45.6 Å². The van der Waals surface area contributed by atoms with Gasteiger partial charge in [-0.1, -0.05) is 12.8 Å². The molecule has 1 aliphatic carbocycles. The fourth-order valence-electron chi connectivity index (χ4n) is 5.68. The summed E-state index contributed by atoms with van der Waals surface area (Å²) in [7, 11) is 1.66. The van der Waals surface area contributed by atoms with Crippen molar-refractivity contribution in [1.29, 1.82) is 0 Å². The van der Waals surface area contributed by atoms with Crippen LogP contribution in [0, 0.1) is 11.8 Å². The van der Waals surface area contributed by atoms with Crippen LogP contribution in [-0.2, 0) is 14.3 Å². The van der Waals surface area contributed by atoms with Crippen LogP contribution in [0.5, 0.6) is 5.75 Å². The number of ether oxygens (including phenoxy) is 2. The quantitative estimate of drug-likeness (QED) is 0.646. The van der Waals surface area contributed by atoms with Gasteiger partial charge in [0.15, 0.2) is 0 Å². The van der Waals surface area contributed by atoms with Crippen LogP contribution in [0.3, 0.4) is 0 Å². The molecule has 1 aromatic rings. The Balaban J connectivity index is 1.28. The molecule has 2 aliphatic heterocycles. The van der Waals surface area contributed by atoms with Crippen molar-refractivity contribution < 1.29 is 23.9 Å². The van der Waals surface area contributed by atoms with Gasteiger partial charge in [0.05, 0.1) is 13.7 Å². The molecule has 1 saturated carbocycles. The molecule has 2 saturated heterocycles. The third-order valence-corrected chi connectivity index (χ3v) is 7.82. The Morgan fingerprint density at radius 3 is 2.11 bits per heavy atom. The second-order valence-electron chi connectivity index (χ2n) is 9.98. The monoisotopic (exact) mass is 500 g/mol. The lowest BCUT2D eigenvalue weighted by Crippen LogP contribution is -2.54. The van der Waals surface area contributed by atoms with Gasteiger partial charge in [0.25, 0.3) is 0 Å². The van der Waals surface area contributed by atoms with Gasteiger partial charge in [-0.15, -0.1) is 0 Å². The minimum absolute atomic E-state index is 0.000460. The highest BCUT2D eigenvalue weighted by atomic mass is 16.6. The molecule has 9 heteroatoms. The van der Waals surface area contributed by atoms with Crippen molar-refractivity contribution in [1.82, 2.24) is 15.1 Å². The Bertz CT molecular complexity index is 892. The number of rotatable bonds is 6. The van der Waals surface area contributed by atoms with E-state index < -0.39 is 0 Å². The van der Waals surface area contributed by atoms with Gasteiger partial charge < -0.3 is 29.5 Å². The fraction of sp³-hybridized carbons (Fsp3) is 0.667. The molecule has 36 heavy (non-hydrogen) atoms. The first-order chi connectivity index (χ1) is 17.5. The lowest BCUT2D eigenvalue weighted by atomic mass is 9.77. The highest BCUT2D eigenvalue weighted by Gasteiger charge is 2.39. The molecule has 3 amide bonds. The molecule has 198 valence electrons. The molecule has 0 bridgehead atoms. The number of amides is 3. The van der Waals surface area contributed by atoms with Gasteiger partial charge in [-0.25, -0.2) is 4.79 Å². The molecule has 2 heterocycles. The predicted octanol–water partition coefficient (Wildman–Crippen LogP) is 2.89. The van der Waals surface area contributed by atoms with E-state index in [1.54, 1.807) is 18.9 Å². The summed E-state index contributed by atoms with van der Waals surface area (Å²) in [6, 6.07) is 8.05. The molecule has 3 aliphatic rings. The van der Waals surface area contributed by atoms with Gasteiger partial charge in [-0.2, -0.15) is 0 Å². The van der Waals surface area contributed by atoms with Gasteiger partial charge in [-0.05, 0) is 56.9 Å². The number of benzene rings is 1. The molecule has 1 aromatic carbocycles. The van der Waals surface area contributed by atoms with Crippen LogP contribution in [0.2, 0.25) is 0 Å². The van der Waals surface area contributed by atoms with E-state index in [4.69, 9.17) is 9.47 Å². The number of nitrogens with one attached hydrogen (secondary N) is 1. The number of anilines is 1. The average Bonchev–Trinajstić information content (AvgIpc) is 2.93. The minimum Gasteiger partial charge on any atom is -0.497 e. The minimum atomic E-state index is -0.285. The molecule has 0 radical (unpaired) electrons. The first-order valence-corrected chi connectivity index (χ1v) is 13.4. The average molecular weight is 501 g/mol. The smallest absolute Gasteiger partial charge is 0.409 e. The van der Waals surface area contributed by atoms with E-state index in [0.717, 1.165) is 50.2 Å². The van der Waals surface area contributed by atoms with Gasteiger partial charge >= 0.3 is 6.09 Å². The third kappa shape index (κ3) is 6.23. The lowest BCUT2D eigenvalue weighted by molar-refractivity contribution is -0.144. The summed E-state index contributed by atoms with van der Waals surface area (Å²) in [6.07, 6.45) is 4.64. The van der Waals surface area contributed by atoms with Gasteiger partial charge in [-0.3, -0.25) is 9.59 Å². The van der Waals surface area contributed by atoms with Gasteiger partial charge in [0.2, 0.25) is 11.8 Å². The number of likely N-dealkylation sites (tertiary alicyclic amines) is 1. The molecular formula is C27H40N4O5. The molecule has 3 fully saturated rings. The highest BCUT2D eigenvalue weighted by Crippen LogP contribution is 2.33. The summed E-state index contributed by atoms with van der Waals surface area (Å²) in [4.78, 5) is 44.7. The molecule has 9 nitrogen and oxygen atoms in total. The number of hydrogen-bond acceptors (Lipinski definition) is 6. The maximum absolute atomic E-state index is 13.5. The summed E-state index contributed by atoms with van der Waals surface area (Å²) >= 11 is 0. The zero-order valence-electron chi connectivity index (χ0n) is 21.6. The molecule has 0 spiro atoms. The third-order valence-electron chi connectivity index (χ3n) is 7.82.